The van der Waals surface area contributed by atoms with Crippen molar-refractivity contribution < 1.29 is 9.84 Å². The fraction of sp³-hybridized carbons (Fsp3) is 0.538. The molecule has 15 heavy (non-hydrogen) atoms. The molecule has 0 spiro atoms. The van der Waals surface area contributed by atoms with Crippen LogP contribution in [0.5, 0.6) is 5.75 Å². The molecule has 82 valence electrons. The largest absolute Gasteiger partial charge is 0.487 e. The van der Waals surface area contributed by atoms with Crippen LogP contribution in [0.3, 0.4) is 0 Å². The minimum absolute atomic E-state index is 0.0252. The Hall–Kier alpha value is -1.02. The Balaban J connectivity index is 2.17. The Morgan fingerprint density at radius 2 is 2.33 bits per heavy atom. The molecule has 0 saturated carbocycles. The number of aliphatic hydroxyl groups excluding tert-OH is 1. The Morgan fingerprint density at radius 3 is 3.07 bits per heavy atom. The van der Waals surface area contributed by atoms with E-state index in [1.807, 2.05) is 0 Å². The molecule has 2 heteroatoms. The highest BCUT2D eigenvalue weighted by Gasteiger charge is 2.23. The predicted molar refractivity (Wildman–Crippen MR) is 60.3 cm³/mol. The average Bonchev–Trinajstić information content (AvgIpc) is 2.69. The molecular formula is C13H18O2. The first-order valence-corrected chi connectivity index (χ1v) is 5.73. The number of fused-ring (bicyclic) bond motifs is 1. The van der Waals surface area contributed by atoms with Crippen molar-refractivity contribution in [1.29, 1.82) is 0 Å². The van der Waals surface area contributed by atoms with Gasteiger partial charge >= 0.3 is 0 Å². The van der Waals surface area contributed by atoms with Crippen LogP contribution in [0.25, 0.3) is 0 Å². The minimum atomic E-state index is -0.0252. The van der Waals surface area contributed by atoms with Crippen molar-refractivity contribution in [3.8, 4) is 5.75 Å². The summed E-state index contributed by atoms with van der Waals surface area (Å²) in [6.07, 6.45) is 4.31. The fourth-order valence-corrected chi connectivity index (χ4v) is 2.07. The van der Waals surface area contributed by atoms with Crippen LogP contribution < -0.4 is 4.74 Å². The summed E-state index contributed by atoms with van der Waals surface area (Å²) in [7, 11) is 0. The van der Waals surface area contributed by atoms with Crippen molar-refractivity contribution in [2.45, 2.75) is 38.7 Å². The number of rotatable bonds is 4. The lowest BCUT2D eigenvalue weighted by Crippen LogP contribution is -2.17. The lowest BCUT2D eigenvalue weighted by molar-refractivity contribution is 0.134. The van der Waals surface area contributed by atoms with Gasteiger partial charge in [0.25, 0.3) is 0 Å². The topological polar surface area (TPSA) is 29.5 Å². The number of aliphatic hydroxyl groups is 1. The summed E-state index contributed by atoms with van der Waals surface area (Å²) in [5, 5.41) is 9.08. The highest BCUT2D eigenvalue weighted by Crippen LogP contribution is 2.33. The van der Waals surface area contributed by atoms with Gasteiger partial charge in [-0.25, -0.2) is 0 Å². The Bertz CT molecular complexity index is 333. The number of unbranched alkanes of at least 4 members (excludes halogenated alkanes) is 1. The van der Waals surface area contributed by atoms with E-state index >= 15 is 0 Å². The summed E-state index contributed by atoms with van der Waals surface area (Å²) >= 11 is 0. The van der Waals surface area contributed by atoms with Crippen molar-refractivity contribution in [1.82, 2.24) is 0 Å². The van der Waals surface area contributed by atoms with Gasteiger partial charge in [0.05, 0.1) is 6.61 Å². The SMILES string of the molecule is CCCCc1cccc2c1OC(CO)C2. The quantitative estimate of drug-likeness (QED) is 0.819. The zero-order chi connectivity index (χ0) is 10.7. The number of para-hydroxylation sites is 1. The summed E-state index contributed by atoms with van der Waals surface area (Å²) in [6.45, 7) is 2.31. The summed E-state index contributed by atoms with van der Waals surface area (Å²) in [6, 6.07) is 6.32. The molecule has 0 radical (unpaired) electrons. The van der Waals surface area contributed by atoms with Crippen LogP contribution in [0.15, 0.2) is 18.2 Å². The summed E-state index contributed by atoms with van der Waals surface area (Å²) in [5.41, 5.74) is 2.55. The highest BCUT2D eigenvalue weighted by molar-refractivity contribution is 5.44. The van der Waals surface area contributed by atoms with E-state index in [1.54, 1.807) is 0 Å². The van der Waals surface area contributed by atoms with Crippen molar-refractivity contribution in [3.63, 3.8) is 0 Å². The Morgan fingerprint density at radius 1 is 1.47 bits per heavy atom. The molecule has 0 bridgehead atoms. The van der Waals surface area contributed by atoms with E-state index in [9.17, 15) is 0 Å². The van der Waals surface area contributed by atoms with Gasteiger partial charge in [0.2, 0.25) is 0 Å². The van der Waals surface area contributed by atoms with Crippen LogP contribution in [0, 0.1) is 0 Å². The smallest absolute Gasteiger partial charge is 0.126 e. The van der Waals surface area contributed by atoms with Crippen LogP contribution in [0.1, 0.15) is 30.9 Å². The number of benzene rings is 1. The standard InChI is InChI=1S/C13H18O2/c1-2-3-5-10-6-4-7-11-8-12(9-14)15-13(10)11/h4,6-7,12,14H,2-3,5,8-9H2,1H3. The Labute approximate surface area is 90.9 Å². The maximum Gasteiger partial charge on any atom is 0.126 e. The second-order valence-corrected chi connectivity index (χ2v) is 4.14. The Kier molecular flexibility index (Phi) is 3.27. The molecule has 0 saturated heterocycles. The molecule has 0 amide bonds. The lowest BCUT2D eigenvalue weighted by atomic mass is 10.0. The van der Waals surface area contributed by atoms with Crippen molar-refractivity contribution in [3.05, 3.63) is 29.3 Å². The molecule has 1 aromatic carbocycles. The minimum Gasteiger partial charge on any atom is -0.487 e. The zero-order valence-corrected chi connectivity index (χ0v) is 9.20. The zero-order valence-electron chi connectivity index (χ0n) is 9.20. The van der Waals surface area contributed by atoms with Crippen LogP contribution in [-0.4, -0.2) is 17.8 Å². The van der Waals surface area contributed by atoms with Gasteiger partial charge in [0.15, 0.2) is 0 Å². The molecule has 0 aromatic heterocycles. The van der Waals surface area contributed by atoms with Crippen molar-refractivity contribution in [2.75, 3.05) is 6.61 Å². The monoisotopic (exact) mass is 206 g/mol. The van der Waals surface area contributed by atoms with Gasteiger partial charge in [-0.3, -0.25) is 0 Å². The van der Waals surface area contributed by atoms with Gasteiger partial charge in [-0.1, -0.05) is 31.5 Å². The first-order valence-electron chi connectivity index (χ1n) is 5.73. The van der Waals surface area contributed by atoms with Gasteiger partial charge in [0.1, 0.15) is 11.9 Å². The van der Waals surface area contributed by atoms with Crippen LogP contribution in [0.4, 0.5) is 0 Å². The van der Waals surface area contributed by atoms with E-state index in [-0.39, 0.29) is 12.7 Å². The molecule has 1 aliphatic rings. The third-order valence-electron chi connectivity index (χ3n) is 2.91. The van der Waals surface area contributed by atoms with Crippen LogP contribution in [-0.2, 0) is 12.8 Å². The third kappa shape index (κ3) is 2.15. The summed E-state index contributed by atoms with van der Waals surface area (Å²) in [4.78, 5) is 0. The third-order valence-corrected chi connectivity index (χ3v) is 2.91. The fourth-order valence-electron chi connectivity index (χ4n) is 2.07. The molecule has 1 unspecified atom stereocenters. The molecule has 0 fully saturated rings. The maximum absolute atomic E-state index is 9.08. The molecule has 1 aliphatic heterocycles. The van der Waals surface area contributed by atoms with Crippen LogP contribution >= 0.6 is 0 Å². The van der Waals surface area contributed by atoms with E-state index in [0.717, 1.165) is 18.6 Å². The number of hydrogen-bond donors (Lipinski definition) is 1. The van der Waals surface area contributed by atoms with Gasteiger partial charge in [-0.05, 0) is 24.0 Å². The lowest BCUT2D eigenvalue weighted by Gasteiger charge is -2.09. The van der Waals surface area contributed by atoms with Crippen molar-refractivity contribution >= 4 is 0 Å². The highest BCUT2D eigenvalue weighted by atomic mass is 16.5. The first-order chi connectivity index (χ1) is 7.35. The van der Waals surface area contributed by atoms with E-state index in [4.69, 9.17) is 9.84 Å². The molecule has 2 rings (SSSR count). The van der Waals surface area contributed by atoms with Gasteiger partial charge in [0, 0.05) is 6.42 Å². The second-order valence-electron chi connectivity index (χ2n) is 4.14. The van der Waals surface area contributed by atoms with Crippen molar-refractivity contribution in [2.24, 2.45) is 0 Å². The normalized spacial score (nSPS) is 18.7. The number of ether oxygens (including phenoxy) is 1. The molecule has 1 N–H and O–H groups in total. The van der Waals surface area contributed by atoms with Gasteiger partial charge < -0.3 is 9.84 Å². The molecular weight excluding hydrogens is 188 g/mol. The number of aryl methyl sites for hydroxylation is 1. The summed E-state index contributed by atoms with van der Waals surface area (Å²) < 4.78 is 5.73. The van der Waals surface area contributed by atoms with Crippen LogP contribution in [0.2, 0.25) is 0 Å². The average molecular weight is 206 g/mol. The van der Waals surface area contributed by atoms with E-state index in [1.165, 1.54) is 24.0 Å². The molecule has 0 aliphatic carbocycles. The predicted octanol–water partition coefficient (Wildman–Crippen LogP) is 2.33. The second kappa shape index (κ2) is 4.67. The van der Waals surface area contributed by atoms with E-state index < -0.39 is 0 Å². The molecule has 1 heterocycles. The molecule has 2 nitrogen and oxygen atoms in total. The maximum atomic E-state index is 9.08. The first kappa shape index (κ1) is 10.5. The van der Waals surface area contributed by atoms with E-state index in [2.05, 4.69) is 25.1 Å². The summed E-state index contributed by atoms with van der Waals surface area (Å²) in [5.74, 6) is 1.03. The number of hydrogen-bond acceptors (Lipinski definition) is 2. The van der Waals surface area contributed by atoms with E-state index in [0.29, 0.717) is 0 Å². The van der Waals surface area contributed by atoms with Gasteiger partial charge in [-0.2, -0.15) is 0 Å². The molecule has 1 aromatic rings. The van der Waals surface area contributed by atoms with Gasteiger partial charge in [-0.15, -0.1) is 0 Å². The molecule has 1 atom stereocenters.